The highest BCUT2D eigenvalue weighted by Crippen LogP contribution is 2.40. The maximum atomic E-state index is 13.1. The van der Waals surface area contributed by atoms with Crippen molar-refractivity contribution < 1.29 is 38.0 Å². The summed E-state index contributed by atoms with van der Waals surface area (Å²) >= 11 is 0. The molecule has 0 atom stereocenters. The Morgan fingerprint density at radius 3 is 1.50 bits per heavy atom. The third-order valence-corrected chi connectivity index (χ3v) is 9.88. The lowest BCUT2D eigenvalue weighted by molar-refractivity contribution is -0.137. The molecule has 322 valence electrons. The number of hydrogen-bond donors (Lipinski definition) is 0. The van der Waals surface area contributed by atoms with Gasteiger partial charge in [0.15, 0.2) is 11.5 Å². The van der Waals surface area contributed by atoms with Crippen molar-refractivity contribution in [3.05, 3.63) is 114 Å². The van der Waals surface area contributed by atoms with Crippen molar-refractivity contribution in [2.45, 2.75) is 111 Å². The Bertz CT molecular complexity index is 1830. The van der Waals surface area contributed by atoms with Crippen molar-refractivity contribution in [3.63, 3.8) is 0 Å². The Morgan fingerprint density at radius 1 is 0.500 bits per heavy atom. The number of rotatable bonds is 30. The fourth-order valence-corrected chi connectivity index (χ4v) is 6.35. The molecule has 0 saturated heterocycles. The van der Waals surface area contributed by atoms with E-state index in [0.717, 1.165) is 96.9 Å². The van der Waals surface area contributed by atoms with Gasteiger partial charge in [-0.15, -0.1) is 0 Å². The van der Waals surface area contributed by atoms with Crippen LogP contribution in [0.5, 0.6) is 28.7 Å². The van der Waals surface area contributed by atoms with E-state index in [9.17, 15) is 9.59 Å². The van der Waals surface area contributed by atoms with Gasteiger partial charge in [0, 0.05) is 6.08 Å². The molecule has 4 aromatic rings. The first kappa shape index (κ1) is 47.2. The van der Waals surface area contributed by atoms with E-state index in [1.165, 1.54) is 38.5 Å². The summed E-state index contributed by atoms with van der Waals surface area (Å²) in [6, 6.07) is 26.7. The molecule has 0 fully saturated rings. The van der Waals surface area contributed by atoms with E-state index in [1.54, 1.807) is 24.3 Å². The van der Waals surface area contributed by atoms with Crippen molar-refractivity contribution >= 4 is 24.1 Å². The van der Waals surface area contributed by atoms with Crippen LogP contribution in [0.15, 0.2) is 97.6 Å². The van der Waals surface area contributed by atoms with E-state index >= 15 is 0 Å². The molecule has 0 aromatic heterocycles. The maximum absolute atomic E-state index is 13.1. The van der Waals surface area contributed by atoms with Gasteiger partial charge in [-0.3, -0.25) is 0 Å². The fraction of sp³-hybridized carbons (Fsp3) is 0.423. The van der Waals surface area contributed by atoms with E-state index in [0.29, 0.717) is 50.1 Å². The summed E-state index contributed by atoms with van der Waals surface area (Å²) in [6.45, 7) is 12.8. The third kappa shape index (κ3) is 17.4. The van der Waals surface area contributed by atoms with Gasteiger partial charge < -0.3 is 28.4 Å². The number of ether oxygens (including phenoxy) is 6. The zero-order valence-corrected chi connectivity index (χ0v) is 36.2. The topological polar surface area (TPSA) is 89.5 Å². The van der Waals surface area contributed by atoms with Crippen LogP contribution in [0.4, 0.5) is 0 Å². The number of benzene rings is 4. The number of hydrogen-bond acceptors (Lipinski definition) is 8. The quantitative estimate of drug-likeness (QED) is 0.0169. The summed E-state index contributed by atoms with van der Waals surface area (Å²) in [5.41, 5.74) is 4.36. The number of carbonyl (C=O) groups excluding carboxylic acids is 2. The van der Waals surface area contributed by atoms with Crippen LogP contribution < -0.4 is 23.7 Å². The minimum atomic E-state index is -0.426. The van der Waals surface area contributed by atoms with Crippen molar-refractivity contribution in [2.75, 3.05) is 33.0 Å². The molecule has 0 amide bonds. The Morgan fingerprint density at radius 2 is 0.967 bits per heavy atom. The van der Waals surface area contributed by atoms with E-state index in [-0.39, 0.29) is 0 Å². The van der Waals surface area contributed by atoms with Gasteiger partial charge in [0.25, 0.3) is 0 Å². The van der Waals surface area contributed by atoms with Gasteiger partial charge >= 0.3 is 11.9 Å². The van der Waals surface area contributed by atoms with Crippen LogP contribution in [-0.2, 0) is 9.53 Å². The maximum Gasteiger partial charge on any atom is 0.343 e. The first-order valence-electron chi connectivity index (χ1n) is 22.1. The zero-order valence-electron chi connectivity index (χ0n) is 36.2. The number of esters is 2. The molecule has 60 heavy (non-hydrogen) atoms. The molecule has 8 heteroatoms. The second kappa shape index (κ2) is 28.1. The SMILES string of the molecule is C=CC(=O)OCCCCOc1ccc(-c2ccc(OC(=O)c3ccc(/C=C/c4cc(OCCCCCC)c(OCCCCCC)c(OCCCCCC)c4)cc3)cc2)cc1. The van der Waals surface area contributed by atoms with Crippen molar-refractivity contribution in [3.8, 4) is 39.9 Å². The van der Waals surface area contributed by atoms with Gasteiger partial charge in [-0.2, -0.15) is 0 Å². The van der Waals surface area contributed by atoms with Crippen LogP contribution in [0.1, 0.15) is 132 Å². The molecule has 0 N–H and O–H groups in total. The summed E-state index contributed by atoms with van der Waals surface area (Å²) in [5, 5.41) is 0. The monoisotopic (exact) mass is 818 g/mol. The molecule has 8 nitrogen and oxygen atoms in total. The molecule has 0 heterocycles. The standard InChI is InChI=1S/C52H66O8/c1-5-9-12-15-35-56-48-39-42(40-49(57-36-16-13-10-6-2)51(48)59-38-17-14-11-7-3)21-20-41-22-24-45(25-23-41)52(54)60-47-32-28-44(29-33-47)43-26-30-46(31-27-43)55-34-18-19-37-58-50(53)8-4/h8,20-33,39-40H,4-7,9-19,34-38H2,1-3H3/b21-20+. The van der Waals surface area contributed by atoms with Gasteiger partial charge in [-0.25, -0.2) is 9.59 Å². The van der Waals surface area contributed by atoms with Crippen LogP contribution in [0, 0.1) is 0 Å². The first-order valence-corrected chi connectivity index (χ1v) is 22.1. The number of carbonyl (C=O) groups is 2. The predicted octanol–water partition coefficient (Wildman–Crippen LogP) is 13.5. The molecular weight excluding hydrogens is 753 g/mol. The van der Waals surface area contributed by atoms with Gasteiger partial charge in [0.1, 0.15) is 11.5 Å². The average molecular weight is 819 g/mol. The summed E-state index contributed by atoms with van der Waals surface area (Å²) < 4.78 is 35.7. The van der Waals surface area contributed by atoms with Crippen LogP contribution in [0.3, 0.4) is 0 Å². The molecule has 4 rings (SSSR count). The van der Waals surface area contributed by atoms with Gasteiger partial charge in [0.2, 0.25) is 5.75 Å². The van der Waals surface area contributed by atoms with Crippen LogP contribution in [0.2, 0.25) is 0 Å². The molecule has 4 aromatic carbocycles. The van der Waals surface area contributed by atoms with Crippen LogP contribution >= 0.6 is 0 Å². The summed E-state index contributed by atoms with van der Waals surface area (Å²) in [6.07, 6.45) is 20.2. The molecular formula is C52H66O8. The highest BCUT2D eigenvalue weighted by molar-refractivity contribution is 5.91. The van der Waals surface area contributed by atoms with Crippen LogP contribution in [0.25, 0.3) is 23.3 Å². The highest BCUT2D eigenvalue weighted by atomic mass is 16.5. The van der Waals surface area contributed by atoms with Crippen molar-refractivity contribution in [1.29, 1.82) is 0 Å². The molecule has 0 aliphatic rings. The fourth-order valence-electron chi connectivity index (χ4n) is 6.35. The Kier molecular flexibility index (Phi) is 22.1. The van der Waals surface area contributed by atoms with E-state index in [1.807, 2.05) is 72.8 Å². The number of unbranched alkanes of at least 4 members (excludes halogenated alkanes) is 10. The Hall–Kier alpha value is -5.50. The van der Waals surface area contributed by atoms with Crippen LogP contribution in [-0.4, -0.2) is 45.0 Å². The van der Waals surface area contributed by atoms with Gasteiger partial charge in [-0.05, 0) is 103 Å². The molecule has 0 unspecified atom stereocenters. The predicted molar refractivity (Wildman–Crippen MR) is 243 cm³/mol. The normalized spacial score (nSPS) is 11.0. The molecule has 0 aliphatic carbocycles. The summed E-state index contributed by atoms with van der Waals surface area (Å²) in [7, 11) is 0. The second-order valence-electron chi connectivity index (χ2n) is 14.9. The second-order valence-corrected chi connectivity index (χ2v) is 14.9. The first-order chi connectivity index (χ1) is 29.4. The summed E-state index contributed by atoms with van der Waals surface area (Å²) in [5.74, 6) is 2.53. The van der Waals surface area contributed by atoms with Crippen molar-refractivity contribution in [2.24, 2.45) is 0 Å². The van der Waals surface area contributed by atoms with E-state index in [4.69, 9.17) is 28.4 Å². The lowest BCUT2D eigenvalue weighted by Gasteiger charge is -2.18. The highest BCUT2D eigenvalue weighted by Gasteiger charge is 2.16. The smallest absolute Gasteiger partial charge is 0.343 e. The third-order valence-electron chi connectivity index (χ3n) is 9.88. The Labute approximate surface area is 358 Å². The van der Waals surface area contributed by atoms with E-state index in [2.05, 4.69) is 27.4 Å². The minimum Gasteiger partial charge on any atom is -0.494 e. The van der Waals surface area contributed by atoms with Crippen molar-refractivity contribution in [1.82, 2.24) is 0 Å². The Balaban J connectivity index is 1.36. The average Bonchev–Trinajstić information content (AvgIpc) is 3.27. The largest absolute Gasteiger partial charge is 0.494 e. The molecule has 0 radical (unpaired) electrons. The molecule has 0 spiro atoms. The van der Waals surface area contributed by atoms with Gasteiger partial charge in [0.05, 0.1) is 38.6 Å². The van der Waals surface area contributed by atoms with E-state index < -0.39 is 11.9 Å². The lowest BCUT2D eigenvalue weighted by Crippen LogP contribution is -2.08. The molecule has 0 saturated carbocycles. The molecule has 0 bridgehead atoms. The van der Waals surface area contributed by atoms with Gasteiger partial charge in [-0.1, -0.05) is 134 Å². The minimum absolute atomic E-state index is 0.349. The lowest BCUT2D eigenvalue weighted by atomic mass is 10.1. The molecule has 0 aliphatic heterocycles. The zero-order chi connectivity index (χ0) is 42.6. The summed E-state index contributed by atoms with van der Waals surface area (Å²) in [4.78, 5) is 24.2.